The lowest BCUT2D eigenvalue weighted by Gasteiger charge is -2.14. The van der Waals surface area contributed by atoms with Crippen molar-refractivity contribution in [2.75, 3.05) is 0 Å². The average molecular weight is 715 g/mol. The molecule has 56 heavy (non-hydrogen) atoms. The van der Waals surface area contributed by atoms with Gasteiger partial charge in [-0.25, -0.2) is 15.0 Å². The van der Waals surface area contributed by atoms with Crippen LogP contribution >= 0.6 is 0 Å². The van der Waals surface area contributed by atoms with E-state index in [1.165, 1.54) is 48.9 Å². The van der Waals surface area contributed by atoms with Gasteiger partial charge in [-0.05, 0) is 63.7 Å². The summed E-state index contributed by atoms with van der Waals surface area (Å²) in [5.41, 5.74) is 10.1. The summed E-state index contributed by atoms with van der Waals surface area (Å²) in [6.07, 6.45) is 0. The summed E-state index contributed by atoms with van der Waals surface area (Å²) in [7, 11) is 0. The Kier molecular flexibility index (Phi) is 6.56. The minimum Gasteiger partial charge on any atom is -0.455 e. The van der Waals surface area contributed by atoms with E-state index in [1.54, 1.807) is 0 Å². The van der Waals surface area contributed by atoms with Crippen LogP contribution in [0.3, 0.4) is 0 Å². The highest BCUT2D eigenvalue weighted by atomic mass is 16.3. The topological polar surface area (TPSA) is 56.7 Å². The molecule has 0 aliphatic heterocycles. The van der Waals surface area contributed by atoms with Crippen molar-refractivity contribution in [2.45, 2.75) is 0 Å². The molecule has 0 saturated heterocycles. The standard InChI is InChI=1S/C51H30N4O/c1-4-15-31(16-5-1)49-52-50(32-17-6-2-7-18-32)54-51(53-49)40-26-12-25-39-44-37(24-14-28-43(44)56-48(39)40)38-29-30-42-47-45(38)35-22-11-10-21-34(35)36-23-13-27-41(46(36)47)55(42)33-19-8-3-9-20-33/h1-30H. The lowest BCUT2D eigenvalue weighted by atomic mass is 9.88. The second-order valence-electron chi connectivity index (χ2n) is 14.3. The van der Waals surface area contributed by atoms with Crippen LogP contribution in [0.2, 0.25) is 0 Å². The number of hydrogen-bond acceptors (Lipinski definition) is 4. The Bertz CT molecular complexity index is 3400. The molecule has 3 aromatic heterocycles. The largest absolute Gasteiger partial charge is 0.455 e. The highest BCUT2D eigenvalue weighted by molar-refractivity contribution is 6.37. The number of para-hydroxylation sites is 2. The molecule has 0 aliphatic rings. The van der Waals surface area contributed by atoms with Gasteiger partial charge in [0, 0.05) is 43.7 Å². The fourth-order valence-corrected chi connectivity index (χ4v) is 8.85. The average Bonchev–Trinajstić information content (AvgIpc) is 3.83. The molecule has 5 nitrogen and oxygen atoms in total. The number of benzene rings is 9. The summed E-state index contributed by atoms with van der Waals surface area (Å²) in [5.74, 6) is 1.79. The molecular weight excluding hydrogens is 685 g/mol. The Morgan fingerprint density at radius 1 is 0.339 bits per heavy atom. The number of nitrogens with zero attached hydrogens (tertiary/aromatic N) is 4. The summed E-state index contributed by atoms with van der Waals surface area (Å²) >= 11 is 0. The minimum atomic E-state index is 0.565. The van der Waals surface area contributed by atoms with Gasteiger partial charge in [-0.1, -0.05) is 146 Å². The van der Waals surface area contributed by atoms with E-state index in [1.807, 2.05) is 60.7 Å². The highest BCUT2D eigenvalue weighted by Gasteiger charge is 2.24. The van der Waals surface area contributed by atoms with Crippen LogP contribution in [0.25, 0.3) is 116 Å². The van der Waals surface area contributed by atoms with Crippen molar-refractivity contribution in [2.24, 2.45) is 0 Å². The summed E-state index contributed by atoms with van der Waals surface area (Å²) < 4.78 is 9.27. The van der Waals surface area contributed by atoms with Crippen LogP contribution in [0, 0.1) is 0 Å². The van der Waals surface area contributed by atoms with Crippen LogP contribution in [0.15, 0.2) is 186 Å². The quantitative estimate of drug-likeness (QED) is 0.167. The van der Waals surface area contributed by atoms with E-state index in [9.17, 15) is 0 Å². The number of rotatable bonds is 5. The normalized spacial score (nSPS) is 11.9. The Hall–Kier alpha value is -7.63. The van der Waals surface area contributed by atoms with Crippen molar-refractivity contribution >= 4 is 65.3 Å². The number of hydrogen-bond donors (Lipinski definition) is 0. The maximum atomic E-state index is 6.86. The summed E-state index contributed by atoms with van der Waals surface area (Å²) in [4.78, 5) is 15.1. The Morgan fingerprint density at radius 2 is 0.875 bits per heavy atom. The van der Waals surface area contributed by atoms with E-state index in [0.717, 1.165) is 49.9 Å². The number of furan rings is 1. The van der Waals surface area contributed by atoms with Crippen LogP contribution in [0.5, 0.6) is 0 Å². The first-order valence-electron chi connectivity index (χ1n) is 18.9. The fraction of sp³-hybridized carbons (Fsp3) is 0. The molecule has 260 valence electrons. The third-order valence-corrected chi connectivity index (χ3v) is 11.2. The molecule has 0 N–H and O–H groups in total. The number of fused-ring (bicyclic) bond motifs is 6. The van der Waals surface area contributed by atoms with Gasteiger partial charge >= 0.3 is 0 Å². The summed E-state index contributed by atoms with van der Waals surface area (Å²) in [6.45, 7) is 0. The zero-order valence-corrected chi connectivity index (χ0v) is 30.0. The molecule has 0 atom stereocenters. The van der Waals surface area contributed by atoms with Gasteiger partial charge in [0.2, 0.25) is 0 Å². The van der Waals surface area contributed by atoms with E-state index >= 15 is 0 Å². The molecule has 0 aliphatic carbocycles. The molecule has 0 spiro atoms. The van der Waals surface area contributed by atoms with E-state index in [0.29, 0.717) is 17.5 Å². The first-order chi connectivity index (χ1) is 27.8. The first-order valence-corrected chi connectivity index (χ1v) is 18.9. The van der Waals surface area contributed by atoms with E-state index in [2.05, 4.69) is 126 Å². The van der Waals surface area contributed by atoms with Crippen molar-refractivity contribution in [3.63, 3.8) is 0 Å². The molecule has 9 aromatic carbocycles. The molecule has 0 fully saturated rings. The SMILES string of the molecule is c1ccc(-c2nc(-c3ccccc3)nc(-c3cccc4c3oc3cccc(-c5ccc6c7c5c5ccccc5c5cccc(c57)n6-c5ccccc5)c34)n2)cc1. The summed E-state index contributed by atoms with van der Waals surface area (Å²) in [6, 6.07) is 63.7. The predicted molar refractivity (Wildman–Crippen MR) is 229 cm³/mol. The maximum absolute atomic E-state index is 6.86. The second kappa shape index (κ2) is 11.9. The van der Waals surface area contributed by atoms with Gasteiger partial charge in [-0.3, -0.25) is 0 Å². The van der Waals surface area contributed by atoms with Crippen molar-refractivity contribution in [3.05, 3.63) is 182 Å². The van der Waals surface area contributed by atoms with Gasteiger partial charge in [0.05, 0.1) is 16.6 Å². The van der Waals surface area contributed by atoms with E-state index < -0.39 is 0 Å². The zero-order chi connectivity index (χ0) is 36.7. The van der Waals surface area contributed by atoms with Crippen LogP contribution in [0.1, 0.15) is 0 Å². The van der Waals surface area contributed by atoms with Gasteiger partial charge in [0.1, 0.15) is 11.2 Å². The lowest BCUT2D eigenvalue weighted by Crippen LogP contribution is -2.00. The van der Waals surface area contributed by atoms with Crippen molar-refractivity contribution in [1.29, 1.82) is 0 Å². The molecular formula is C51H30N4O. The third kappa shape index (κ3) is 4.46. The van der Waals surface area contributed by atoms with Gasteiger partial charge in [0.25, 0.3) is 0 Å². The molecule has 12 rings (SSSR count). The molecule has 12 aromatic rings. The monoisotopic (exact) mass is 714 g/mol. The van der Waals surface area contributed by atoms with E-state index in [-0.39, 0.29) is 0 Å². The van der Waals surface area contributed by atoms with Crippen LogP contribution < -0.4 is 0 Å². The predicted octanol–water partition coefficient (Wildman–Crippen LogP) is 13.3. The third-order valence-electron chi connectivity index (χ3n) is 11.2. The Labute approximate surface area is 321 Å². The Morgan fingerprint density at radius 3 is 1.62 bits per heavy atom. The first kappa shape index (κ1) is 30.8. The van der Waals surface area contributed by atoms with Crippen molar-refractivity contribution < 1.29 is 4.42 Å². The van der Waals surface area contributed by atoms with Crippen LogP contribution in [-0.4, -0.2) is 19.5 Å². The molecule has 0 amide bonds. The molecule has 0 saturated carbocycles. The molecule has 3 heterocycles. The van der Waals surface area contributed by atoms with Gasteiger partial charge in [-0.2, -0.15) is 0 Å². The van der Waals surface area contributed by atoms with Crippen molar-refractivity contribution in [1.82, 2.24) is 19.5 Å². The van der Waals surface area contributed by atoms with Crippen LogP contribution in [-0.2, 0) is 0 Å². The molecule has 0 bridgehead atoms. The van der Waals surface area contributed by atoms with Gasteiger partial charge < -0.3 is 8.98 Å². The second-order valence-corrected chi connectivity index (χ2v) is 14.3. The molecule has 5 heteroatoms. The fourth-order valence-electron chi connectivity index (χ4n) is 8.85. The summed E-state index contributed by atoms with van der Waals surface area (Å²) in [5, 5.41) is 9.62. The van der Waals surface area contributed by atoms with Gasteiger partial charge in [0.15, 0.2) is 17.5 Å². The maximum Gasteiger partial charge on any atom is 0.167 e. The molecule has 0 unspecified atom stereocenters. The zero-order valence-electron chi connectivity index (χ0n) is 30.0. The lowest BCUT2D eigenvalue weighted by molar-refractivity contribution is 0.669. The van der Waals surface area contributed by atoms with Gasteiger partial charge in [-0.15, -0.1) is 0 Å². The molecule has 0 radical (unpaired) electrons. The smallest absolute Gasteiger partial charge is 0.167 e. The minimum absolute atomic E-state index is 0.565. The highest BCUT2D eigenvalue weighted by Crippen LogP contribution is 2.49. The van der Waals surface area contributed by atoms with E-state index in [4.69, 9.17) is 19.4 Å². The Balaban J connectivity index is 1.14. The van der Waals surface area contributed by atoms with Crippen LogP contribution in [0.4, 0.5) is 0 Å². The number of aromatic nitrogens is 4. The van der Waals surface area contributed by atoms with Crippen molar-refractivity contribution in [3.8, 4) is 51.0 Å².